The number of aromatic nitrogens is 3. The first-order valence-electron chi connectivity index (χ1n) is 8.81. The normalized spacial score (nSPS) is 16.9. The van der Waals surface area contributed by atoms with Gasteiger partial charge in [0.2, 0.25) is 5.82 Å². The number of para-hydroxylation sites is 1. The molecule has 1 aliphatic rings. The van der Waals surface area contributed by atoms with Gasteiger partial charge in [-0.25, -0.2) is 9.67 Å². The van der Waals surface area contributed by atoms with Gasteiger partial charge in [0.25, 0.3) is 5.91 Å². The standard InChI is InChI=1S/C19H18N4O4S/c24-16(25)11-14-12-22(8-9-27-14)19(26)17-20-18(15-7-4-10-28-15)23(21-17)13-5-2-1-3-6-13/h1-7,10,14H,8-9,11-12H2,(H,24,25). The number of carbonyl (C=O) groups is 2. The van der Waals surface area contributed by atoms with Crippen LogP contribution in [-0.4, -0.2) is 62.4 Å². The average molecular weight is 398 g/mol. The summed E-state index contributed by atoms with van der Waals surface area (Å²) in [5.74, 6) is -0.597. The summed E-state index contributed by atoms with van der Waals surface area (Å²) in [7, 11) is 0. The van der Waals surface area contributed by atoms with Gasteiger partial charge in [-0.15, -0.1) is 16.4 Å². The molecular formula is C19H18N4O4S. The smallest absolute Gasteiger partial charge is 0.306 e. The first-order chi connectivity index (χ1) is 13.6. The van der Waals surface area contributed by atoms with Crippen LogP contribution in [0.4, 0.5) is 0 Å². The van der Waals surface area contributed by atoms with E-state index in [0.29, 0.717) is 19.0 Å². The van der Waals surface area contributed by atoms with Crippen molar-refractivity contribution in [1.29, 1.82) is 0 Å². The fourth-order valence-corrected chi connectivity index (χ4v) is 3.78. The number of benzene rings is 1. The largest absolute Gasteiger partial charge is 0.481 e. The molecule has 1 atom stereocenters. The summed E-state index contributed by atoms with van der Waals surface area (Å²) in [5, 5.41) is 15.4. The van der Waals surface area contributed by atoms with E-state index in [1.165, 1.54) is 11.3 Å². The lowest BCUT2D eigenvalue weighted by Gasteiger charge is -2.31. The summed E-state index contributed by atoms with van der Waals surface area (Å²) in [6, 6.07) is 13.4. The Labute approximate surface area is 165 Å². The summed E-state index contributed by atoms with van der Waals surface area (Å²) in [5.41, 5.74) is 0.809. The van der Waals surface area contributed by atoms with Crippen molar-refractivity contribution < 1.29 is 19.4 Å². The molecule has 3 heterocycles. The van der Waals surface area contributed by atoms with Gasteiger partial charge < -0.3 is 14.7 Å². The third kappa shape index (κ3) is 3.80. The van der Waals surface area contributed by atoms with E-state index in [1.54, 1.807) is 9.58 Å². The number of aliphatic carboxylic acids is 1. The monoisotopic (exact) mass is 398 g/mol. The topological polar surface area (TPSA) is 97.6 Å². The summed E-state index contributed by atoms with van der Waals surface area (Å²) in [4.78, 5) is 30.9. The second kappa shape index (κ2) is 7.91. The molecule has 1 fully saturated rings. The van der Waals surface area contributed by atoms with Crippen molar-refractivity contribution >= 4 is 23.2 Å². The molecule has 1 aliphatic heterocycles. The van der Waals surface area contributed by atoms with Crippen molar-refractivity contribution in [2.45, 2.75) is 12.5 Å². The minimum absolute atomic E-state index is 0.0863. The van der Waals surface area contributed by atoms with Gasteiger partial charge >= 0.3 is 5.97 Å². The van der Waals surface area contributed by atoms with Crippen molar-refractivity contribution in [2.75, 3.05) is 19.7 Å². The zero-order chi connectivity index (χ0) is 19.5. The van der Waals surface area contributed by atoms with Crippen molar-refractivity contribution in [2.24, 2.45) is 0 Å². The molecule has 1 amide bonds. The number of thiophene rings is 1. The number of carbonyl (C=O) groups excluding carboxylic acids is 1. The van der Waals surface area contributed by atoms with Crippen LogP contribution in [0.3, 0.4) is 0 Å². The molecule has 0 spiro atoms. The van der Waals surface area contributed by atoms with E-state index in [-0.39, 0.29) is 24.7 Å². The Morgan fingerprint density at radius 2 is 2.04 bits per heavy atom. The summed E-state index contributed by atoms with van der Waals surface area (Å²) >= 11 is 1.52. The molecule has 0 bridgehead atoms. The minimum Gasteiger partial charge on any atom is -0.481 e. The fraction of sp³-hybridized carbons (Fsp3) is 0.263. The first-order valence-corrected chi connectivity index (χ1v) is 9.69. The lowest BCUT2D eigenvalue weighted by molar-refractivity contribution is -0.141. The van der Waals surface area contributed by atoms with E-state index in [0.717, 1.165) is 10.6 Å². The fourth-order valence-electron chi connectivity index (χ4n) is 3.08. The number of carboxylic acid groups (broad SMARTS) is 1. The Hall–Kier alpha value is -3.04. The molecule has 1 unspecified atom stereocenters. The number of hydrogen-bond acceptors (Lipinski definition) is 6. The highest BCUT2D eigenvalue weighted by Gasteiger charge is 2.29. The highest BCUT2D eigenvalue weighted by Crippen LogP contribution is 2.26. The number of ether oxygens (including phenoxy) is 1. The molecule has 4 rings (SSSR count). The molecule has 3 aromatic rings. The maximum atomic E-state index is 13.0. The second-order valence-electron chi connectivity index (χ2n) is 6.33. The van der Waals surface area contributed by atoms with Gasteiger partial charge in [-0.1, -0.05) is 24.3 Å². The molecule has 9 heteroatoms. The highest BCUT2D eigenvalue weighted by molar-refractivity contribution is 7.13. The van der Waals surface area contributed by atoms with Crippen LogP contribution in [-0.2, 0) is 9.53 Å². The van der Waals surface area contributed by atoms with Gasteiger partial charge in [-0.3, -0.25) is 9.59 Å². The maximum absolute atomic E-state index is 13.0. The molecule has 1 saturated heterocycles. The Kier molecular flexibility index (Phi) is 5.18. The SMILES string of the molecule is O=C(O)CC1CN(C(=O)c2nc(-c3cccs3)n(-c3ccccc3)n2)CCO1. The molecule has 0 aliphatic carbocycles. The predicted octanol–water partition coefficient (Wildman–Crippen LogP) is 2.31. The number of amides is 1. The van der Waals surface area contributed by atoms with Crippen molar-refractivity contribution in [1.82, 2.24) is 19.7 Å². The number of rotatable bonds is 5. The maximum Gasteiger partial charge on any atom is 0.306 e. The summed E-state index contributed by atoms with van der Waals surface area (Å²) in [6.07, 6.45) is -0.668. The molecule has 0 saturated carbocycles. The van der Waals surface area contributed by atoms with Crippen LogP contribution in [0.25, 0.3) is 16.4 Å². The Bertz CT molecular complexity index is 971. The quantitative estimate of drug-likeness (QED) is 0.708. The third-order valence-electron chi connectivity index (χ3n) is 4.37. The first kappa shape index (κ1) is 18.3. The molecule has 1 N–H and O–H groups in total. The molecule has 28 heavy (non-hydrogen) atoms. The number of carboxylic acids is 1. The zero-order valence-corrected chi connectivity index (χ0v) is 15.7. The van der Waals surface area contributed by atoms with Crippen LogP contribution in [0.2, 0.25) is 0 Å². The van der Waals surface area contributed by atoms with E-state index in [4.69, 9.17) is 9.84 Å². The van der Waals surface area contributed by atoms with Crippen LogP contribution in [0.5, 0.6) is 0 Å². The van der Waals surface area contributed by atoms with Gasteiger partial charge in [0, 0.05) is 13.1 Å². The van der Waals surface area contributed by atoms with Gasteiger partial charge in [0.05, 0.1) is 29.7 Å². The lowest BCUT2D eigenvalue weighted by Crippen LogP contribution is -2.46. The van der Waals surface area contributed by atoms with Crippen LogP contribution >= 0.6 is 11.3 Å². The zero-order valence-electron chi connectivity index (χ0n) is 14.9. The van der Waals surface area contributed by atoms with Crippen LogP contribution in [0, 0.1) is 0 Å². The number of nitrogens with zero attached hydrogens (tertiary/aromatic N) is 4. The average Bonchev–Trinajstić information content (AvgIpc) is 3.37. The van der Waals surface area contributed by atoms with Crippen molar-refractivity contribution in [3.63, 3.8) is 0 Å². The van der Waals surface area contributed by atoms with Crippen LogP contribution in [0.1, 0.15) is 17.0 Å². The van der Waals surface area contributed by atoms with Gasteiger partial charge in [0.1, 0.15) is 0 Å². The van der Waals surface area contributed by atoms with E-state index in [2.05, 4.69) is 10.1 Å². The van der Waals surface area contributed by atoms with Gasteiger partial charge in [0.15, 0.2) is 5.82 Å². The van der Waals surface area contributed by atoms with Crippen molar-refractivity contribution in [3.05, 3.63) is 53.7 Å². The van der Waals surface area contributed by atoms with E-state index in [9.17, 15) is 9.59 Å². The van der Waals surface area contributed by atoms with Gasteiger partial charge in [-0.05, 0) is 23.6 Å². The van der Waals surface area contributed by atoms with E-state index >= 15 is 0 Å². The minimum atomic E-state index is -0.953. The summed E-state index contributed by atoms with van der Waals surface area (Å²) in [6.45, 7) is 0.878. The molecular weight excluding hydrogens is 380 g/mol. The van der Waals surface area contributed by atoms with Crippen molar-refractivity contribution in [3.8, 4) is 16.4 Å². The molecule has 144 valence electrons. The van der Waals surface area contributed by atoms with Crippen LogP contribution in [0.15, 0.2) is 47.8 Å². The third-order valence-corrected chi connectivity index (χ3v) is 5.23. The predicted molar refractivity (Wildman–Crippen MR) is 103 cm³/mol. The Morgan fingerprint density at radius 3 is 2.75 bits per heavy atom. The Balaban J connectivity index is 1.65. The second-order valence-corrected chi connectivity index (χ2v) is 7.27. The molecule has 8 nitrogen and oxygen atoms in total. The Morgan fingerprint density at radius 1 is 1.21 bits per heavy atom. The number of hydrogen-bond donors (Lipinski definition) is 1. The molecule has 1 aromatic carbocycles. The molecule has 0 radical (unpaired) electrons. The van der Waals surface area contributed by atoms with E-state index < -0.39 is 12.1 Å². The van der Waals surface area contributed by atoms with Gasteiger partial charge in [-0.2, -0.15) is 0 Å². The molecule has 2 aromatic heterocycles. The lowest BCUT2D eigenvalue weighted by atomic mass is 10.2. The number of morpholine rings is 1. The summed E-state index contributed by atoms with van der Waals surface area (Å²) < 4.78 is 7.10. The van der Waals surface area contributed by atoms with Crippen LogP contribution < -0.4 is 0 Å². The van der Waals surface area contributed by atoms with E-state index in [1.807, 2.05) is 47.8 Å². The highest BCUT2D eigenvalue weighted by atomic mass is 32.1.